The molecule has 0 bridgehead atoms. The first-order valence-corrected chi connectivity index (χ1v) is 6.72. The standard InChI is InChI=1S/C13H25N3O/c1-12(2,16-9-7-14-8-10-16)11(17)15-13(3)5-4-6-13/h14H,4-10H2,1-3H3,(H,15,17). The van der Waals surface area contributed by atoms with Crippen molar-refractivity contribution < 1.29 is 4.79 Å². The van der Waals surface area contributed by atoms with Gasteiger partial charge in [-0.15, -0.1) is 0 Å². The maximum atomic E-state index is 12.4. The number of nitrogens with one attached hydrogen (secondary N) is 2. The van der Waals surface area contributed by atoms with Gasteiger partial charge >= 0.3 is 0 Å². The second-order valence-corrected chi connectivity index (χ2v) is 6.16. The average molecular weight is 239 g/mol. The van der Waals surface area contributed by atoms with Crippen LogP contribution < -0.4 is 10.6 Å². The predicted octanol–water partition coefficient (Wildman–Crippen LogP) is 0.729. The molecule has 0 aromatic heterocycles. The smallest absolute Gasteiger partial charge is 0.240 e. The summed E-state index contributed by atoms with van der Waals surface area (Å²) in [6, 6.07) is 0. The zero-order chi connectivity index (χ0) is 12.5. The lowest BCUT2D eigenvalue weighted by Crippen LogP contribution is -2.64. The van der Waals surface area contributed by atoms with Crippen LogP contribution in [0, 0.1) is 0 Å². The zero-order valence-electron chi connectivity index (χ0n) is 11.3. The Hall–Kier alpha value is -0.610. The molecule has 2 fully saturated rings. The Labute approximate surface area is 104 Å². The molecule has 1 amide bonds. The Morgan fingerprint density at radius 2 is 1.88 bits per heavy atom. The average Bonchev–Trinajstić information content (AvgIpc) is 2.28. The van der Waals surface area contributed by atoms with Gasteiger partial charge in [0.15, 0.2) is 0 Å². The van der Waals surface area contributed by atoms with Crippen LogP contribution in [0.1, 0.15) is 40.0 Å². The molecule has 0 atom stereocenters. The van der Waals surface area contributed by atoms with Crippen LogP contribution >= 0.6 is 0 Å². The summed E-state index contributed by atoms with van der Waals surface area (Å²) in [4.78, 5) is 14.7. The lowest BCUT2D eigenvalue weighted by Gasteiger charge is -2.45. The lowest BCUT2D eigenvalue weighted by atomic mass is 9.78. The molecule has 0 aromatic carbocycles. The summed E-state index contributed by atoms with van der Waals surface area (Å²) in [7, 11) is 0. The molecule has 0 aromatic rings. The summed E-state index contributed by atoms with van der Waals surface area (Å²) in [6.07, 6.45) is 3.48. The number of rotatable bonds is 3. The Balaban J connectivity index is 1.95. The van der Waals surface area contributed by atoms with Gasteiger partial charge in [0, 0.05) is 31.7 Å². The van der Waals surface area contributed by atoms with Crippen molar-refractivity contribution in [1.29, 1.82) is 0 Å². The first-order valence-electron chi connectivity index (χ1n) is 6.72. The molecule has 17 heavy (non-hydrogen) atoms. The van der Waals surface area contributed by atoms with E-state index >= 15 is 0 Å². The van der Waals surface area contributed by atoms with E-state index in [1.807, 2.05) is 13.8 Å². The van der Waals surface area contributed by atoms with Crippen molar-refractivity contribution in [2.75, 3.05) is 26.2 Å². The fourth-order valence-electron chi connectivity index (χ4n) is 2.63. The Kier molecular flexibility index (Phi) is 3.46. The number of hydrogen-bond acceptors (Lipinski definition) is 3. The highest BCUT2D eigenvalue weighted by molar-refractivity contribution is 5.86. The minimum Gasteiger partial charge on any atom is -0.349 e. The van der Waals surface area contributed by atoms with Gasteiger partial charge in [-0.05, 0) is 40.0 Å². The molecule has 2 N–H and O–H groups in total. The molecule has 1 aliphatic heterocycles. The molecule has 1 aliphatic carbocycles. The molecular formula is C13H25N3O. The molecule has 1 saturated heterocycles. The minimum atomic E-state index is -0.388. The van der Waals surface area contributed by atoms with Crippen LogP contribution in [0.15, 0.2) is 0 Å². The third kappa shape index (κ3) is 2.63. The first kappa shape index (κ1) is 12.8. The molecule has 2 aliphatic rings. The lowest BCUT2D eigenvalue weighted by molar-refractivity contribution is -0.135. The largest absolute Gasteiger partial charge is 0.349 e. The number of carbonyl (C=O) groups excluding carboxylic acids is 1. The van der Waals surface area contributed by atoms with E-state index in [0.717, 1.165) is 39.0 Å². The maximum Gasteiger partial charge on any atom is 0.240 e. The van der Waals surface area contributed by atoms with E-state index in [0.29, 0.717) is 0 Å². The van der Waals surface area contributed by atoms with Gasteiger partial charge in [0.1, 0.15) is 0 Å². The summed E-state index contributed by atoms with van der Waals surface area (Å²) in [6.45, 7) is 10.1. The van der Waals surface area contributed by atoms with Crippen LogP contribution in [0.4, 0.5) is 0 Å². The van der Waals surface area contributed by atoms with E-state index in [1.54, 1.807) is 0 Å². The summed E-state index contributed by atoms with van der Waals surface area (Å²) >= 11 is 0. The highest BCUT2D eigenvalue weighted by atomic mass is 16.2. The summed E-state index contributed by atoms with van der Waals surface area (Å²) in [5, 5.41) is 6.55. The van der Waals surface area contributed by atoms with Gasteiger partial charge in [-0.1, -0.05) is 0 Å². The van der Waals surface area contributed by atoms with Crippen LogP contribution in [-0.4, -0.2) is 48.1 Å². The monoisotopic (exact) mass is 239 g/mol. The summed E-state index contributed by atoms with van der Waals surface area (Å²) in [5.74, 6) is 0.182. The van der Waals surface area contributed by atoms with Gasteiger partial charge in [0.25, 0.3) is 0 Å². The van der Waals surface area contributed by atoms with Crippen LogP contribution in [0.5, 0.6) is 0 Å². The van der Waals surface area contributed by atoms with Crippen molar-refractivity contribution in [3.8, 4) is 0 Å². The van der Waals surface area contributed by atoms with Crippen LogP contribution in [-0.2, 0) is 4.79 Å². The molecule has 2 rings (SSSR count). The van der Waals surface area contributed by atoms with E-state index in [2.05, 4.69) is 22.5 Å². The van der Waals surface area contributed by atoms with Crippen LogP contribution in [0.2, 0.25) is 0 Å². The van der Waals surface area contributed by atoms with E-state index in [-0.39, 0.29) is 17.0 Å². The highest BCUT2D eigenvalue weighted by Gasteiger charge is 2.40. The van der Waals surface area contributed by atoms with Gasteiger partial charge in [0.2, 0.25) is 5.91 Å². The van der Waals surface area contributed by atoms with E-state index in [4.69, 9.17) is 0 Å². The number of hydrogen-bond donors (Lipinski definition) is 2. The molecule has 4 nitrogen and oxygen atoms in total. The molecule has 4 heteroatoms. The van der Waals surface area contributed by atoms with Gasteiger partial charge < -0.3 is 10.6 Å². The van der Waals surface area contributed by atoms with Crippen molar-refractivity contribution in [3.63, 3.8) is 0 Å². The predicted molar refractivity (Wildman–Crippen MR) is 68.9 cm³/mol. The Morgan fingerprint density at radius 1 is 1.29 bits per heavy atom. The summed E-state index contributed by atoms with van der Waals surface area (Å²) in [5.41, 5.74) is -0.330. The number of nitrogens with zero attached hydrogens (tertiary/aromatic N) is 1. The molecular weight excluding hydrogens is 214 g/mol. The summed E-state index contributed by atoms with van der Waals surface area (Å²) < 4.78 is 0. The Morgan fingerprint density at radius 3 is 2.35 bits per heavy atom. The number of amides is 1. The molecule has 1 heterocycles. The minimum absolute atomic E-state index is 0.0579. The van der Waals surface area contributed by atoms with E-state index in [1.165, 1.54) is 6.42 Å². The molecule has 0 spiro atoms. The van der Waals surface area contributed by atoms with Crippen molar-refractivity contribution >= 4 is 5.91 Å². The van der Waals surface area contributed by atoms with E-state index in [9.17, 15) is 4.79 Å². The quantitative estimate of drug-likeness (QED) is 0.763. The van der Waals surface area contributed by atoms with Crippen molar-refractivity contribution in [1.82, 2.24) is 15.5 Å². The van der Waals surface area contributed by atoms with E-state index < -0.39 is 0 Å². The number of carbonyl (C=O) groups is 1. The topological polar surface area (TPSA) is 44.4 Å². The van der Waals surface area contributed by atoms with Crippen molar-refractivity contribution in [2.24, 2.45) is 0 Å². The molecule has 1 saturated carbocycles. The Bertz CT molecular complexity index is 291. The van der Waals surface area contributed by atoms with Gasteiger partial charge in [-0.2, -0.15) is 0 Å². The third-order valence-electron chi connectivity index (χ3n) is 4.34. The van der Waals surface area contributed by atoms with Gasteiger partial charge in [-0.25, -0.2) is 0 Å². The third-order valence-corrected chi connectivity index (χ3v) is 4.34. The van der Waals surface area contributed by atoms with Gasteiger partial charge in [0.05, 0.1) is 5.54 Å². The normalized spacial score (nSPS) is 25.1. The first-order chi connectivity index (χ1) is 7.94. The maximum absolute atomic E-state index is 12.4. The second-order valence-electron chi connectivity index (χ2n) is 6.16. The molecule has 0 radical (unpaired) electrons. The highest BCUT2D eigenvalue weighted by Crippen LogP contribution is 2.31. The fraction of sp³-hybridized carbons (Fsp3) is 0.923. The van der Waals surface area contributed by atoms with Crippen molar-refractivity contribution in [3.05, 3.63) is 0 Å². The van der Waals surface area contributed by atoms with Crippen molar-refractivity contribution in [2.45, 2.75) is 51.1 Å². The SMILES string of the molecule is CC1(NC(=O)C(C)(C)N2CCNCC2)CCC1. The zero-order valence-corrected chi connectivity index (χ0v) is 11.3. The molecule has 0 unspecified atom stereocenters. The second kappa shape index (κ2) is 4.58. The van der Waals surface area contributed by atoms with Crippen LogP contribution in [0.3, 0.4) is 0 Å². The molecule has 98 valence electrons. The fourth-order valence-corrected chi connectivity index (χ4v) is 2.63. The van der Waals surface area contributed by atoms with Crippen LogP contribution in [0.25, 0.3) is 0 Å². The number of piperazine rings is 1. The van der Waals surface area contributed by atoms with Gasteiger partial charge in [-0.3, -0.25) is 9.69 Å².